The number of hydrogen-bond donors (Lipinski definition) is 3. The van der Waals surface area contributed by atoms with Crippen LogP contribution in [0.25, 0.3) is 10.9 Å². The van der Waals surface area contributed by atoms with Gasteiger partial charge in [0.15, 0.2) is 0 Å². The van der Waals surface area contributed by atoms with Crippen LogP contribution in [-0.4, -0.2) is 50.6 Å². The van der Waals surface area contributed by atoms with E-state index in [-0.39, 0.29) is 0 Å². The van der Waals surface area contributed by atoms with Crippen molar-refractivity contribution in [3.05, 3.63) is 47.4 Å². The summed E-state index contributed by atoms with van der Waals surface area (Å²) >= 11 is 0. The number of nitrogens with one attached hydrogen (secondary N) is 3. The van der Waals surface area contributed by atoms with Crippen molar-refractivity contribution in [1.29, 1.82) is 0 Å². The van der Waals surface area contributed by atoms with Crippen molar-refractivity contribution >= 4 is 10.9 Å². The van der Waals surface area contributed by atoms with Crippen LogP contribution in [0.2, 0.25) is 0 Å². The van der Waals surface area contributed by atoms with Gasteiger partial charge in [0.25, 0.3) is 0 Å². The highest BCUT2D eigenvalue weighted by atomic mass is 15.4. The molecule has 3 N–H and O–H groups in total. The summed E-state index contributed by atoms with van der Waals surface area (Å²) in [5, 5.41) is 10.4. The van der Waals surface area contributed by atoms with Crippen LogP contribution < -0.4 is 10.9 Å². The average molecular weight is 432 g/mol. The third-order valence-electron chi connectivity index (χ3n) is 8.64. The topological polar surface area (TPSA) is 73.8 Å². The molecule has 2 aliphatic carbocycles. The number of likely N-dealkylation sites (tertiary alicyclic amines) is 1. The van der Waals surface area contributed by atoms with Crippen LogP contribution in [0, 0.1) is 11.3 Å². The lowest BCUT2D eigenvalue weighted by atomic mass is 9.63. The molecule has 3 aromatic rings. The standard InChI is InChI=1S/C25H33N7/c1-3-20(21-11-26-28-22(21)4-1)24-14-32(30-29-24)12-17-5-6-18-10-19(27-23(18)9-17)13-31-15-25(16-31)7-2-8-25/h5-6,9-10,14,20-22,26-28H,1-4,7-8,11-13,15-16H2. The lowest BCUT2D eigenvalue weighted by molar-refractivity contribution is -0.0649. The molecular formula is C25H33N7. The van der Waals surface area contributed by atoms with Crippen LogP contribution in [0.1, 0.15) is 61.4 Å². The molecule has 4 aliphatic rings. The van der Waals surface area contributed by atoms with E-state index in [1.165, 1.54) is 73.8 Å². The van der Waals surface area contributed by atoms with Gasteiger partial charge in [-0.05, 0) is 60.1 Å². The number of fused-ring (bicyclic) bond motifs is 2. The molecule has 2 aliphatic heterocycles. The van der Waals surface area contributed by atoms with E-state index in [0.717, 1.165) is 25.3 Å². The largest absolute Gasteiger partial charge is 0.357 e. The normalized spacial score (nSPS) is 29.2. The maximum atomic E-state index is 4.58. The molecule has 3 atom stereocenters. The Morgan fingerprint density at radius 1 is 1.06 bits per heavy atom. The molecule has 1 aromatic carbocycles. The number of rotatable bonds is 5. The Hall–Kier alpha value is -2.22. The van der Waals surface area contributed by atoms with E-state index >= 15 is 0 Å². The van der Waals surface area contributed by atoms with E-state index in [4.69, 9.17) is 0 Å². The zero-order chi connectivity index (χ0) is 21.1. The predicted octanol–water partition coefficient (Wildman–Crippen LogP) is 3.15. The van der Waals surface area contributed by atoms with Gasteiger partial charge in [-0.2, -0.15) is 0 Å². The molecular weight excluding hydrogens is 398 g/mol. The molecule has 0 amide bonds. The van der Waals surface area contributed by atoms with Gasteiger partial charge in [0.1, 0.15) is 0 Å². The maximum Gasteiger partial charge on any atom is 0.0862 e. The first kappa shape index (κ1) is 19.3. The molecule has 7 heteroatoms. The van der Waals surface area contributed by atoms with Crippen molar-refractivity contribution in [3.8, 4) is 0 Å². The zero-order valence-corrected chi connectivity index (χ0v) is 18.7. The minimum Gasteiger partial charge on any atom is -0.357 e. The fourth-order valence-corrected chi connectivity index (χ4v) is 6.82. The van der Waals surface area contributed by atoms with E-state index in [1.807, 2.05) is 4.68 Å². The molecule has 4 heterocycles. The molecule has 3 unspecified atom stereocenters. The summed E-state index contributed by atoms with van der Waals surface area (Å²) in [5.74, 6) is 1.15. The molecule has 0 radical (unpaired) electrons. The summed E-state index contributed by atoms with van der Waals surface area (Å²) in [6, 6.07) is 9.66. The molecule has 2 saturated carbocycles. The van der Waals surface area contributed by atoms with Gasteiger partial charge < -0.3 is 4.98 Å². The SMILES string of the molecule is c1cc2cc(CN3CC4(CCC4)C3)[nH]c2cc1Cn1cc(C2CCCC3NNCC32)nn1. The Kier molecular flexibility index (Phi) is 4.46. The second-order valence-corrected chi connectivity index (χ2v) is 10.9. The van der Waals surface area contributed by atoms with Gasteiger partial charge in [0, 0.05) is 55.5 Å². The minimum atomic E-state index is 0.513. The molecule has 2 aromatic heterocycles. The fraction of sp³-hybridized carbons (Fsp3) is 0.600. The van der Waals surface area contributed by atoms with E-state index in [2.05, 4.69) is 61.5 Å². The molecule has 1 spiro atoms. The lowest BCUT2D eigenvalue weighted by Crippen LogP contribution is -2.58. The van der Waals surface area contributed by atoms with Crippen molar-refractivity contribution in [2.45, 2.75) is 63.6 Å². The molecule has 2 saturated heterocycles. The Morgan fingerprint density at radius 3 is 2.88 bits per heavy atom. The van der Waals surface area contributed by atoms with Crippen molar-refractivity contribution in [2.24, 2.45) is 11.3 Å². The number of hydrogen-bond acceptors (Lipinski definition) is 5. The van der Waals surface area contributed by atoms with Gasteiger partial charge in [-0.1, -0.05) is 30.2 Å². The number of benzene rings is 1. The lowest BCUT2D eigenvalue weighted by Gasteiger charge is -2.56. The Labute approximate surface area is 188 Å². The second-order valence-electron chi connectivity index (χ2n) is 10.9. The monoisotopic (exact) mass is 431 g/mol. The number of hydrazine groups is 1. The smallest absolute Gasteiger partial charge is 0.0862 e. The Morgan fingerprint density at radius 2 is 2.00 bits per heavy atom. The summed E-state index contributed by atoms with van der Waals surface area (Å²) in [6.07, 6.45) is 10.2. The van der Waals surface area contributed by atoms with Crippen molar-refractivity contribution in [1.82, 2.24) is 35.7 Å². The third-order valence-corrected chi connectivity index (χ3v) is 8.64. The van der Waals surface area contributed by atoms with E-state index in [0.29, 0.717) is 23.3 Å². The highest BCUT2D eigenvalue weighted by Gasteiger charge is 2.46. The highest BCUT2D eigenvalue weighted by molar-refractivity contribution is 5.81. The minimum absolute atomic E-state index is 0.513. The summed E-state index contributed by atoms with van der Waals surface area (Å²) < 4.78 is 2.01. The molecule has 7 rings (SSSR count). The first-order chi connectivity index (χ1) is 15.7. The summed E-state index contributed by atoms with van der Waals surface area (Å²) in [7, 11) is 0. The van der Waals surface area contributed by atoms with Crippen LogP contribution in [0.15, 0.2) is 30.5 Å². The summed E-state index contributed by atoms with van der Waals surface area (Å²) in [5.41, 5.74) is 12.5. The van der Waals surface area contributed by atoms with Crippen LogP contribution in [0.3, 0.4) is 0 Å². The van der Waals surface area contributed by atoms with E-state index in [1.54, 1.807) is 0 Å². The van der Waals surface area contributed by atoms with Crippen LogP contribution in [-0.2, 0) is 13.1 Å². The highest BCUT2D eigenvalue weighted by Crippen LogP contribution is 2.48. The third kappa shape index (κ3) is 3.29. The van der Waals surface area contributed by atoms with Crippen molar-refractivity contribution in [3.63, 3.8) is 0 Å². The molecule has 7 nitrogen and oxygen atoms in total. The maximum absolute atomic E-state index is 4.58. The van der Waals surface area contributed by atoms with E-state index in [9.17, 15) is 0 Å². The molecule has 32 heavy (non-hydrogen) atoms. The summed E-state index contributed by atoms with van der Waals surface area (Å²) in [6.45, 7) is 5.43. The molecule has 168 valence electrons. The van der Waals surface area contributed by atoms with Gasteiger partial charge in [0.05, 0.1) is 12.2 Å². The number of nitrogens with zero attached hydrogens (tertiary/aromatic N) is 4. The average Bonchev–Trinajstić information content (AvgIpc) is 3.47. The second kappa shape index (κ2) is 7.40. The zero-order valence-electron chi connectivity index (χ0n) is 18.7. The predicted molar refractivity (Wildman–Crippen MR) is 124 cm³/mol. The molecule has 0 bridgehead atoms. The number of aromatic nitrogens is 4. The first-order valence-electron chi connectivity index (χ1n) is 12.4. The van der Waals surface area contributed by atoms with Crippen molar-refractivity contribution < 1.29 is 0 Å². The number of H-pyrrole nitrogens is 1. The Bertz CT molecular complexity index is 1120. The van der Waals surface area contributed by atoms with E-state index < -0.39 is 0 Å². The van der Waals surface area contributed by atoms with Gasteiger partial charge in [-0.3, -0.25) is 15.8 Å². The van der Waals surface area contributed by atoms with Crippen LogP contribution in [0.4, 0.5) is 0 Å². The molecule has 4 fully saturated rings. The van der Waals surface area contributed by atoms with Crippen molar-refractivity contribution in [2.75, 3.05) is 19.6 Å². The summed E-state index contributed by atoms with van der Waals surface area (Å²) in [4.78, 5) is 6.26. The number of aromatic amines is 1. The van der Waals surface area contributed by atoms with Gasteiger partial charge in [0.2, 0.25) is 0 Å². The van der Waals surface area contributed by atoms with Crippen LogP contribution >= 0.6 is 0 Å². The fourth-order valence-electron chi connectivity index (χ4n) is 6.82. The van der Waals surface area contributed by atoms with Gasteiger partial charge in [-0.25, -0.2) is 4.68 Å². The van der Waals surface area contributed by atoms with Crippen LogP contribution in [0.5, 0.6) is 0 Å². The van der Waals surface area contributed by atoms with Gasteiger partial charge >= 0.3 is 0 Å². The quantitative estimate of drug-likeness (QED) is 0.579. The Balaban J connectivity index is 1.03. The van der Waals surface area contributed by atoms with Gasteiger partial charge in [-0.15, -0.1) is 5.10 Å². The first-order valence-corrected chi connectivity index (χ1v) is 12.4.